The minimum absolute atomic E-state index is 0.0392. The molecular weight excluding hydrogens is 374 g/mol. The molecule has 0 spiro atoms. The van der Waals surface area contributed by atoms with Crippen LogP contribution in [0.15, 0.2) is 17.1 Å². The van der Waals surface area contributed by atoms with Crippen molar-refractivity contribution in [1.29, 1.82) is 0 Å². The van der Waals surface area contributed by atoms with Crippen molar-refractivity contribution in [2.75, 3.05) is 27.1 Å². The van der Waals surface area contributed by atoms with Gasteiger partial charge in [0.2, 0.25) is 5.75 Å². The molecule has 27 heavy (non-hydrogen) atoms. The van der Waals surface area contributed by atoms with Gasteiger partial charge in [-0.1, -0.05) is 18.7 Å². The molecular formula is C18H23NO7S. The average Bonchev–Trinajstić information content (AvgIpc) is 2.68. The maximum atomic E-state index is 12.4. The molecule has 1 N–H and O–H groups in total. The number of carboxylic acid groups (broad SMARTS) is 1. The minimum Gasteiger partial charge on any atom is -0.493 e. The van der Waals surface area contributed by atoms with E-state index < -0.39 is 11.9 Å². The van der Waals surface area contributed by atoms with Crippen LogP contribution in [-0.4, -0.2) is 54.9 Å². The van der Waals surface area contributed by atoms with Crippen molar-refractivity contribution in [2.24, 2.45) is 4.99 Å². The smallest absolute Gasteiger partial charge is 0.350 e. The normalized spacial score (nSPS) is 11.0. The van der Waals surface area contributed by atoms with Crippen molar-refractivity contribution in [1.82, 2.24) is 0 Å². The van der Waals surface area contributed by atoms with Crippen LogP contribution in [0.3, 0.4) is 0 Å². The van der Waals surface area contributed by atoms with E-state index in [0.717, 1.165) is 11.8 Å². The molecule has 1 aromatic rings. The summed E-state index contributed by atoms with van der Waals surface area (Å²) >= 11 is 1.14. The van der Waals surface area contributed by atoms with E-state index in [1.807, 2.05) is 0 Å². The Kier molecular flexibility index (Phi) is 9.35. The van der Waals surface area contributed by atoms with Gasteiger partial charge < -0.3 is 19.3 Å². The summed E-state index contributed by atoms with van der Waals surface area (Å²) in [5, 5.41) is 9.32. The van der Waals surface area contributed by atoms with Crippen LogP contribution in [0.5, 0.6) is 17.2 Å². The van der Waals surface area contributed by atoms with Crippen LogP contribution in [-0.2, 0) is 9.59 Å². The summed E-state index contributed by atoms with van der Waals surface area (Å²) in [4.78, 5) is 38.8. The Balaban J connectivity index is 3.00. The quantitative estimate of drug-likeness (QED) is 0.474. The molecule has 1 amide bonds. The van der Waals surface area contributed by atoms with E-state index in [-0.39, 0.29) is 34.3 Å². The highest BCUT2D eigenvalue weighted by Gasteiger charge is 2.19. The van der Waals surface area contributed by atoms with E-state index in [4.69, 9.17) is 14.2 Å². The first kappa shape index (κ1) is 22.5. The fourth-order valence-corrected chi connectivity index (χ4v) is 2.85. The van der Waals surface area contributed by atoms with Gasteiger partial charge in [-0.05, 0) is 25.0 Å². The number of ether oxygens (including phenoxy) is 3. The molecule has 1 rings (SSSR count). The van der Waals surface area contributed by atoms with Crippen molar-refractivity contribution >= 4 is 34.5 Å². The van der Waals surface area contributed by atoms with E-state index in [9.17, 15) is 19.5 Å². The van der Waals surface area contributed by atoms with Gasteiger partial charge in [-0.3, -0.25) is 9.59 Å². The van der Waals surface area contributed by atoms with Gasteiger partial charge in [-0.15, -0.1) is 0 Å². The molecule has 0 fully saturated rings. The average molecular weight is 397 g/mol. The Labute approximate surface area is 161 Å². The van der Waals surface area contributed by atoms with Gasteiger partial charge in [0.1, 0.15) is 5.71 Å². The number of benzene rings is 1. The molecule has 0 saturated carbocycles. The van der Waals surface area contributed by atoms with Gasteiger partial charge in [-0.25, -0.2) is 9.79 Å². The van der Waals surface area contributed by atoms with Gasteiger partial charge in [0.05, 0.1) is 21.3 Å². The number of hydrogen-bond acceptors (Lipinski definition) is 7. The van der Waals surface area contributed by atoms with Gasteiger partial charge >= 0.3 is 5.97 Å². The number of methoxy groups -OCH3 is 3. The largest absolute Gasteiger partial charge is 0.493 e. The third-order valence-electron chi connectivity index (χ3n) is 3.50. The predicted octanol–water partition coefficient (Wildman–Crippen LogP) is 2.83. The van der Waals surface area contributed by atoms with Crippen molar-refractivity contribution < 1.29 is 33.7 Å². The third-order valence-corrected chi connectivity index (χ3v) is 4.61. The maximum Gasteiger partial charge on any atom is 0.350 e. The lowest BCUT2D eigenvalue weighted by atomic mass is 10.1. The molecule has 0 unspecified atom stereocenters. The zero-order chi connectivity index (χ0) is 20.4. The summed E-state index contributed by atoms with van der Waals surface area (Å²) in [6, 6.07) is 2.81. The van der Waals surface area contributed by atoms with Crippen LogP contribution >= 0.6 is 11.8 Å². The number of nitrogens with zero attached hydrogens (tertiary/aromatic N) is 1. The van der Waals surface area contributed by atoms with Crippen LogP contribution in [0.2, 0.25) is 0 Å². The molecule has 1 aromatic carbocycles. The van der Waals surface area contributed by atoms with Crippen LogP contribution in [0, 0.1) is 0 Å². The van der Waals surface area contributed by atoms with Crippen molar-refractivity contribution in [3.63, 3.8) is 0 Å². The number of carbonyl (C=O) groups excluding carboxylic acids is 2. The molecule has 148 valence electrons. The van der Waals surface area contributed by atoms with Crippen LogP contribution < -0.4 is 14.2 Å². The second-order valence-corrected chi connectivity index (χ2v) is 6.41. The number of amides is 1. The molecule has 0 aliphatic heterocycles. The first-order chi connectivity index (χ1) is 12.9. The molecule has 0 radical (unpaired) electrons. The molecule has 0 atom stereocenters. The Bertz CT molecular complexity index is 705. The van der Waals surface area contributed by atoms with Crippen LogP contribution in [0.25, 0.3) is 0 Å². The lowest BCUT2D eigenvalue weighted by Gasteiger charge is -2.13. The number of aliphatic imine (C=N–C) groups is 1. The fourth-order valence-electron chi connectivity index (χ4n) is 2.13. The van der Waals surface area contributed by atoms with Gasteiger partial charge in [0, 0.05) is 17.7 Å². The monoisotopic (exact) mass is 397 g/mol. The molecule has 9 heteroatoms. The second kappa shape index (κ2) is 11.2. The lowest BCUT2D eigenvalue weighted by molar-refractivity contribution is -0.129. The van der Waals surface area contributed by atoms with Gasteiger partial charge in [-0.2, -0.15) is 0 Å². The van der Waals surface area contributed by atoms with E-state index in [1.54, 1.807) is 6.92 Å². The summed E-state index contributed by atoms with van der Waals surface area (Å²) < 4.78 is 15.5. The summed E-state index contributed by atoms with van der Waals surface area (Å²) in [6.07, 6.45) is 0.920. The van der Waals surface area contributed by atoms with E-state index in [2.05, 4.69) is 4.99 Å². The highest BCUT2D eigenvalue weighted by molar-refractivity contribution is 8.13. The highest BCUT2D eigenvalue weighted by atomic mass is 32.2. The number of aliphatic carboxylic acids is 1. The predicted molar refractivity (Wildman–Crippen MR) is 102 cm³/mol. The zero-order valence-electron chi connectivity index (χ0n) is 15.7. The number of hydrogen-bond donors (Lipinski definition) is 1. The van der Waals surface area contributed by atoms with Crippen molar-refractivity contribution in [2.45, 2.75) is 26.2 Å². The number of thioether (sulfide) groups is 1. The minimum atomic E-state index is -1.28. The standard InChI is InChI=1S/C18H23NO7S/c1-5-15(20)27-8-6-7-12(18(22)23)19-17(21)11-9-13(24-2)16(26-4)14(10-11)25-3/h9-10H,5-8H2,1-4H3,(H,22,23). The van der Waals surface area contributed by atoms with E-state index in [1.165, 1.54) is 33.5 Å². The molecule has 0 heterocycles. The van der Waals surface area contributed by atoms with E-state index >= 15 is 0 Å². The summed E-state index contributed by atoms with van der Waals surface area (Å²) in [5.74, 6) is -0.691. The van der Waals surface area contributed by atoms with Crippen LogP contribution in [0.4, 0.5) is 0 Å². The molecule has 0 aliphatic carbocycles. The fraction of sp³-hybridized carbons (Fsp3) is 0.444. The first-order valence-corrected chi connectivity index (χ1v) is 9.17. The van der Waals surface area contributed by atoms with Crippen LogP contribution in [0.1, 0.15) is 36.5 Å². The van der Waals surface area contributed by atoms with E-state index in [0.29, 0.717) is 24.3 Å². The topological polar surface area (TPSA) is 111 Å². The van der Waals surface area contributed by atoms with Gasteiger partial charge in [0.25, 0.3) is 5.91 Å². The lowest BCUT2D eigenvalue weighted by Crippen LogP contribution is -2.16. The molecule has 8 nitrogen and oxygen atoms in total. The summed E-state index contributed by atoms with van der Waals surface area (Å²) in [6.45, 7) is 1.76. The number of rotatable bonds is 10. The zero-order valence-corrected chi connectivity index (χ0v) is 16.6. The Morgan fingerprint density at radius 3 is 2.11 bits per heavy atom. The number of carboxylic acids is 1. The second-order valence-electron chi connectivity index (χ2n) is 5.26. The first-order valence-electron chi connectivity index (χ1n) is 8.18. The summed E-state index contributed by atoms with van der Waals surface area (Å²) in [5.41, 5.74) is -0.155. The molecule has 0 aromatic heterocycles. The molecule has 0 bridgehead atoms. The SMILES string of the molecule is CCC(=O)SCCCC(=NC(=O)c1cc(OC)c(OC)c(OC)c1)C(=O)O. The Morgan fingerprint density at radius 2 is 1.67 bits per heavy atom. The molecule has 0 aliphatic rings. The van der Waals surface area contributed by atoms with Crippen molar-refractivity contribution in [3.05, 3.63) is 17.7 Å². The number of carbonyl (C=O) groups is 3. The van der Waals surface area contributed by atoms with Crippen molar-refractivity contribution in [3.8, 4) is 17.2 Å². The summed E-state index contributed by atoms with van der Waals surface area (Å²) in [7, 11) is 4.25. The van der Waals surface area contributed by atoms with Gasteiger partial charge in [0.15, 0.2) is 16.6 Å². The third kappa shape index (κ3) is 6.59. The maximum absolute atomic E-state index is 12.4. The Morgan fingerprint density at radius 1 is 1.07 bits per heavy atom. The highest BCUT2D eigenvalue weighted by Crippen LogP contribution is 2.38. The Hall–Kier alpha value is -2.55. The molecule has 0 saturated heterocycles.